The largest absolute Gasteiger partial charge is 0.478 e. The second-order valence-corrected chi connectivity index (χ2v) is 6.73. The van der Waals surface area contributed by atoms with E-state index in [2.05, 4.69) is 20.2 Å². The van der Waals surface area contributed by atoms with E-state index in [1.807, 2.05) is 11.8 Å². The van der Waals surface area contributed by atoms with Crippen LogP contribution in [0.15, 0.2) is 17.0 Å². The Morgan fingerprint density at radius 1 is 1.16 bits per heavy atom. The van der Waals surface area contributed by atoms with Gasteiger partial charge in [-0.15, -0.1) is 11.8 Å². The van der Waals surface area contributed by atoms with E-state index in [-0.39, 0.29) is 0 Å². The molecule has 25 heavy (non-hydrogen) atoms. The number of aryl methyl sites for hydroxylation is 1. The van der Waals surface area contributed by atoms with Crippen LogP contribution in [-0.2, 0) is 16.0 Å². The third-order valence-corrected chi connectivity index (χ3v) is 4.85. The SMILES string of the molecule is Clc1nc2c(c(N3CCNCC3)n1)SCCC2.O=C(O)/C=C\C(=O)O. The van der Waals surface area contributed by atoms with Crippen molar-refractivity contribution in [3.05, 3.63) is 23.1 Å². The number of hydrogen-bond donors (Lipinski definition) is 3. The Morgan fingerprint density at radius 3 is 2.40 bits per heavy atom. The van der Waals surface area contributed by atoms with E-state index in [1.54, 1.807) is 0 Å². The van der Waals surface area contributed by atoms with Gasteiger partial charge in [0.2, 0.25) is 5.28 Å². The Bertz CT molecular complexity index is 649. The number of halogens is 1. The normalized spacial score (nSPS) is 16.8. The number of carbonyl (C=O) groups is 2. The first-order valence-corrected chi connectivity index (χ1v) is 9.12. The van der Waals surface area contributed by atoms with Crippen molar-refractivity contribution in [1.29, 1.82) is 0 Å². The molecule has 0 radical (unpaired) electrons. The van der Waals surface area contributed by atoms with Gasteiger partial charge < -0.3 is 20.4 Å². The first kappa shape index (κ1) is 19.5. The van der Waals surface area contributed by atoms with Crippen molar-refractivity contribution >= 4 is 41.1 Å². The first-order chi connectivity index (χ1) is 12.0. The second-order valence-electron chi connectivity index (χ2n) is 5.29. The van der Waals surface area contributed by atoms with E-state index in [9.17, 15) is 9.59 Å². The summed E-state index contributed by atoms with van der Waals surface area (Å²) in [7, 11) is 0. The molecule has 1 fully saturated rings. The molecule has 10 heteroatoms. The topological polar surface area (TPSA) is 116 Å². The van der Waals surface area contributed by atoms with Crippen LogP contribution in [0, 0.1) is 0 Å². The van der Waals surface area contributed by atoms with Crippen LogP contribution in [0.5, 0.6) is 0 Å². The highest BCUT2D eigenvalue weighted by atomic mass is 35.5. The maximum absolute atomic E-state index is 9.55. The summed E-state index contributed by atoms with van der Waals surface area (Å²) in [6.45, 7) is 4.03. The molecule has 2 aliphatic heterocycles. The van der Waals surface area contributed by atoms with Gasteiger partial charge in [0.1, 0.15) is 5.82 Å². The zero-order valence-corrected chi connectivity index (χ0v) is 15.0. The van der Waals surface area contributed by atoms with E-state index in [1.165, 1.54) is 11.3 Å². The molecule has 8 nitrogen and oxygen atoms in total. The van der Waals surface area contributed by atoms with Gasteiger partial charge in [-0.2, -0.15) is 4.98 Å². The predicted molar refractivity (Wildman–Crippen MR) is 95.6 cm³/mol. The molecular formula is C15H19ClN4O4S. The number of carboxylic acids is 2. The van der Waals surface area contributed by atoms with Crippen molar-refractivity contribution in [1.82, 2.24) is 15.3 Å². The zero-order valence-electron chi connectivity index (χ0n) is 13.4. The Kier molecular flexibility index (Phi) is 7.48. The molecule has 136 valence electrons. The summed E-state index contributed by atoms with van der Waals surface area (Å²) >= 11 is 7.90. The fraction of sp³-hybridized carbons (Fsp3) is 0.467. The van der Waals surface area contributed by atoms with E-state index in [4.69, 9.17) is 21.8 Å². The van der Waals surface area contributed by atoms with Crippen LogP contribution < -0.4 is 10.2 Å². The minimum absolute atomic E-state index is 0.389. The van der Waals surface area contributed by atoms with Crippen LogP contribution in [0.2, 0.25) is 5.28 Å². The average molecular weight is 387 g/mol. The van der Waals surface area contributed by atoms with Crippen LogP contribution in [-0.4, -0.2) is 64.1 Å². The van der Waals surface area contributed by atoms with E-state index in [0.29, 0.717) is 17.4 Å². The van der Waals surface area contributed by atoms with Gasteiger partial charge in [0.25, 0.3) is 0 Å². The number of piperazine rings is 1. The molecule has 0 unspecified atom stereocenters. The highest BCUT2D eigenvalue weighted by molar-refractivity contribution is 7.99. The lowest BCUT2D eigenvalue weighted by molar-refractivity contribution is -0.134. The van der Waals surface area contributed by atoms with Gasteiger partial charge in [0, 0.05) is 38.3 Å². The summed E-state index contributed by atoms with van der Waals surface area (Å²) in [5.41, 5.74) is 1.13. The second kappa shape index (κ2) is 9.59. The van der Waals surface area contributed by atoms with Crippen LogP contribution in [0.3, 0.4) is 0 Å². The number of nitrogens with one attached hydrogen (secondary N) is 1. The number of hydrogen-bond acceptors (Lipinski definition) is 7. The molecule has 0 amide bonds. The molecule has 0 saturated carbocycles. The Labute approximate surface area is 154 Å². The molecule has 1 saturated heterocycles. The molecule has 0 aromatic carbocycles. The number of carboxylic acid groups (broad SMARTS) is 2. The van der Waals surface area contributed by atoms with Crippen molar-refractivity contribution in [2.24, 2.45) is 0 Å². The van der Waals surface area contributed by atoms with Gasteiger partial charge in [-0.3, -0.25) is 0 Å². The fourth-order valence-corrected chi connectivity index (χ4v) is 3.71. The average Bonchev–Trinajstić information content (AvgIpc) is 2.60. The lowest BCUT2D eigenvalue weighted by Gasteiger charge is -2.31. The summed E-state index contributed by atoms with van der Waals surface area (Å²) in [6.07, 6.45) is 3.33. The Balaban J connectivity index is 0.000000242. The first-order valence-electron chi connectivity index (χ1n) is 7.76. The third kappa shape index (κ3) is 6.18. The van der Waals surface area contributed by atoms with Gasteiger partial charge >= 0.3 is 11.9 Å². The molecule has 3 N–H and O–H groups in total. The predicted octanol–water partition coefficient (Wildman–Crippen LogP) is 1.29. The standard InChI is InChI=1S/C11H15ClN4S.C4H4O4/c12-11-14-8-2-1-7-17-9(8)10(15-11)16-5-3-13-4-6-16;5-3(6)1-2-4(7)8/h13H,1-7H2;1-2H,(H,5,6)(H,7,8)/b;2-1-. The van der Waals surface area contributed by atoms with Gasteiger partial charge in [0.05, 0.1) is 10.6 Å². The number of aromatic nitrogens is 2. The van der Waals surface area contributed by atoms with Crippen LogP contribution in [0.25, 0.3) is 0 Å². The van der Waals surface area contributed by atoms with Crippen LogP contribution in [0.1, 0.15) is 12.1 Å². The van der Waals surface area contributed by atoms with Gasteiger partial charge in [0.15, 0.2) is 0 Å². The number of fused-ring (bicyclic) bond motifs is 1. The molecular weight excluding hydrogens is 368 g/mol. The van der Waals surface area contributed by atoms with E-state index in [0.717, 1.165) is 49.9 Å². The molecule has 1 aromatic rings. The van der Waals surface area contributed by atoms with Gasteiger partial charge in [-0.25, -0.2) is 14.6 Å². The maximum atomic E-state index is 9.55. The third-order valence-electron chi connectivity index (χ3n) is 3.48. The number of rotatable bonds is 3. The maximum Gasteiger partial charge on any atom is 0.328 e. The molecule has 0 atom stereocenters. The monoisotopic (exact) mass is 386 g/mol. The van der Waals surface area contributed by atoms with E-state index >= 15 is 0 Å². The van der Waals surface area contributed by atoms with Crippen LogP contribution >= 0.6 is 23.4 Å². The number of anilines is 1. The molecule has 0 spiro atoms. The number of aliphatic carboxylic acids is 2. The zero-order chi connectivity index (χ0) is 18.2. The minimum Gasteiger partial charge on any atom is -0.478 e. The summed E-state index contributed by atoms with van der Waals surface area (Å²) in [4.78, 5) is 31.5. The number of thioether (sulfide) groups is 1. The molecule has 1 aromatic heterocycles. The lowest BCUT2D eigenvalue weighted by atomic mass is 10.2. The number of nitrogens with zero attached hydrogens (tertiary/aromatic N) is 3. The molecule has 3 heterocycles. The smallest absolute Gasteiger partial charge is 0.328 e. The van der Waals surface area contributed by atoms with Crippen molar-refractivity contribution in [2.75, 3.05) is 36.8 Å². The van der Waals surface area contributed by atoms with Crippen molar-refractivity contribution in [3.63, 3.8) is 0 Å². The molecule has 0 bridgehead atoms. The van der Waals surface area contributed by atoms with Gasteiger partial charge in [-0.05, 0) is 30.2 Å². The summed E-state index contributed by atoms with van der Waals surface area (Å²) in [6, 6.07) is 0. The Hall–Kier alpha value is -1.84. The lowest BCUT2D eigenvalue weighted by Crippen LogP contribution is -2.44. The van der Waals surface area contributed by atoms with E-state index < -0.39 is 11.9 Å². The molecule has 3 rings (SSSR count). The highest BCUT2D eigenvalue weighted by Crippen LogP contribution is 2.36. The van der Waals surface area contributed by atoms with Gasteiger partial charge in [-0.1, -0.05) is 0 Å². The summed E-state index contributed by atoms with van der Waals surface area (Å²) < 4.78 is 0. The van der Waals surface area contributed by atoms with Crippen molar-refractivity contribution < 1.29 is 19.8 Å². The highest BCUT2D eigenvalue weighted by Gasteiger charge is 2.22. The summed E-state index contributed by atoms with van der Waals surface area (Å²) in [5.74, 6) is -0.303. The Morgan fingerprint density at radius 2 is 1.80 bits per heavy atom. The van der Waals surface area contributed by atoms with Crippen molar-refractivity contribution in [3.8, 4) is 0 Å². The molecule has 2 aliphatic rings. The minimum atomic E-state index is -1.26. The summed E-state index contributed by atoms with van der Waals surface area (Å²) in [5, 5.41) is 19.4. The molecule has 0 aliphatic carbocycles. The quantitative estimate of drug-likeness (QED) is 0.521. The van der Waals surface area contributed by atoms with Crippen molar-refractivity contribution in [2.45, 2.75) is 17.7 Å². The van der Waals surface area contributed by atoms with Crippen LogP contribution in [0.4, 0.5) is 5.82 Å². The fourth-order valence-electron chi connectivity index (χ4n) is 2.42.